The number of benzene rings is 3. The normalized spacial score (nSPS) is 11.6. The third kappa shape index (κ3) is 2.91. The SMILES string of the molecule is Cc1cc2oc3cc(=O)c(F)cc-3c(-c3cccc(C(C)C)c3)c2cc1F. The molecule has 0 spiro atoms. The molecule has 0 saturated carbocycles. The van der Waals surface area contributed by atoms with Gasteiger partial charge in [0.05, 0.1) is 0 Å². The summed E-state index contributed by atoms with van der Waals surface area (Å²) >= 11 is 0. The summed E-state index contributed by atoms with van der Waals surface area (Å²) in [6.07, 6.45) is 0. The number of halogens is 2. The van der Waals surface area contributed by atoms with E-state index < -0.39 is 11.2 Å². The van der Waals surface area contributed by atoms with Crippen LogP contribution in [0.5, 0.6) is 0 Å². The lowest BCUT2D eigenvalue weighted by atomic mass is 9.90. The lowest BCUT2D eigenvalue weighted by molar-refractivity contribution is 0.592. The average Bonchev–Trinajstić information content (AvgIpc) is 2.63. The second-order valence-corrected chi connectivity index (χ2v) is 7.13. The van der Waals surface area contributed by atoms with E-state index in [-0.39, 0.29) is 11.6 Å². The summed E-state index contributed by atoms with van der Waals surface area (Å²) in [5, 5.41) is 0.546. The van der Waals surface area contributed by atoms with Crippen LogP contribution in [-0.2, 0) is 0 Å². The number of hydrogen-bond donors (Lipinski definition) is 0. The van der Waals surface area contributed by atoms with Crippen molar-refractivity contribution in [2.45, 2.75) is 26.7 Å². The van der Waals surface area contributed by atoms with E-state index in [9.17, 15) is 13.6 Å². The van der Waals surface area contributed by atoms with Crippen LogP contribution >= 0.6 is 0 Å². The predicted molar refractivity (Wildman–Crippen MR) is 103 cm³/mol. The smallest absolute Gasteiger partial charge is 0.217 e. The van der Waals surface area contributed by atoms with E-state index in [2.05, 4.69) is 13.8 Å². The molecule has 0 aromatic heterocycles. The number of rotatable bonds is 2. The summed E-state index contributed by atoms with van der Waals surface area (Å²) < 4.78 is 34.2. The number of hydrogen-bond acceptors (Lipinski definition) is 2. The molecule has 0 unspecified atom stereocenters. The van der Waals surface area contributed by atoms with Crippen molar-refractivity contribution < 1.29 is 13.2 Å². The molecule has 27 heavy (non-hydrogen) atoms. The Morgan fingerprint density at radius 3 is 2.48 bits per heavy atom. The maximum atomic E-state index is 14.3. The molecular weight excluding hydrogens is 346 g/mol. The molecule has 0 amide bonds. The Morgan fingerprint density at radius 1 is 0.963 bits per heavy atom. The molecule has 1 aliphatic carbocycles. The molecule has 0 atom stereocenters. The van der Waals surface area contributed by atoms with Gasteiger partial charge in [-0.3, -0.25) is 4.79 Å². The van der Waals surface area contributed by atoms with Gasteiger partial charge in [-0.2, -0.15) is 0 Å². The quantitative estimate of drug-likeness (QED) is 0.392. The average molecular weight is 364 g/mol. The van der Waals surface area contributed by atoms with E-state index in [1.54, 1.807) is 13.0 Å². The highest BCUT2D eigenvalue weighted by Gasteiger charge is 2.20. The van der Waals surface area contributed by atoms with Crippen molar-refractivity contribution in [3.63, 3.8) is 0 Å². The van der Waals surface area contributed by atoms with E-state index in [1.165, 1.54) is 12.1 Å². The minimum atomic E-state index is -0.856. The second-order valence-electron chi connectivity index (χ2n) is 7.13. The van der Waals surface area contributed by atoms with Gasteiger partial charge < -0.3 is 4.42 Å². The summed E-state index contributed by atoms with van der Waals surface area (Å²) in [7, 11) is 0. The van der Waals surface area contributed by atoms with Crippen molar-refractivity contribution >= 4 is 11.0 Å². The van der Waals surface area contributed by atoms with Crippen LogP contribution < -0.4 is 5.43 Å². The first-order valence-corrected chi connectivity index (χ1v) is 8.81. The zero-order chi connectivity index (χ0) is 19.3. The van der Waals surface area contributed by atoms with E-state index in [4.69, 9.17) is 4.42 Å². The Bertz CT molecular complexity index is 1210. The van der Waals surface area contributed by atoms with E-state index in [0.29, 0.717) is 33.6 Å². The minimum Gasteiger partial charge on any atom is -0.456 e. The molecule has 0 radical (unpaired) electrons. The third-order valence-corrected chi connectivity index (χ3v) is 4.90. The molecule has 2 aromatic rings. The van der Waals surface area contributed by atoms with E-state index >= 15 is 0 Å². The summed E-state index contributed by atoms with van der Waals surface area (Å²) in [6, 6.07) is 13.2. The maximum Gasteiger partial charge on any atom is 0.217 e. The Balaban J connectivity index is 2.18. The molecule has 1 aliphatic heterocycles. The number of aryl methyl sites for hydroxylation is 1. The van der Waals surface area contributed by atoms with Crippen LogP contribution in [0, 0.1) is 18.6 Å². The van der Waals surface area contributed by atoms with E-state index in [1.807, 2.05) is 24.3 Å². The van der Waals surface area contributed by atoms with Crippen molar-refractivity contribution in [1.82, 2.24) is 0 Å². The first-order valence-electron chi connectivity index (χ1n) is 8.81. The maximum absolute atomic E-state index is 14.3. The molecular formula is C23H18F2O2. The highest BCUT2D eigenvalue weighted by atomic mass is 19.1. The minimum absolute atomic E-state index is 0.282. The highest BCUT2D eigenvalue weighted by molar-refractivity contribution is 6.02. The van der Waals surface area contributed by atoms with Gasteiger partial charge in [0.25, 0.3) is 0 Å². The summed E-state index contributed by atoms with van der Waals surface area (Å²) in [5.74, 6) is -0.630. The Kier molecular flexibility index (Phi) is 4.06. The van der Waals surface area contributed by atoms with Crippen molar-refractivity contribution in [2.75, 3.05) is 0 Å². The third-order valence-electron chi connectivity index (χ3n) is 4.90. The van der Waals surface area contributed by atoms with E-state index in [0.717, 1.165) is 17.2 Å². The van der Waals surface area contributed by atoms with Crippen LogP contribution in [-0.4, -0.2) is 0 Å². The van der Waals surface area contributed by atoms with Gasteiger partial charge in [0.2, 0.25) is 5.43 Å². The molecule has 136 valence electrons. The first kappa shape index (κ1) is 17.4. The molecule has 2 aliphatic rings. The fourth-order valence-electron chi connectivity index (χ4n) is 3.38. The zero-order valence-electron chi connectivity index (χ0n) is 15.3. The number of fused-ring (bicyclic) bond motifs is 2. The van der Waals surface area contributed by atoms with Crippen molar-refractivity contribution in [3.8, 4) is 22.5 Å². The highest BCUT2D eigenvalue weighted by Crippen LogP contribution is 2.41. The van der Waals surface area contributed by atoms with Gasteiger partial charge in [-0.15, -0.1) is 0 Å². The topological polar surface area (TPSA) is 30.2 Å². The lowest BCUT2D eigenvalue weighted by Gasteiger charge is -2.17. The van der Waals surface area contributed by atoms with Gasteiger partial charge >= 0.3 is 0 Å². The molecule has 2 aromatic carbocycles. The van der Waals surface area contributed by atoms with Crippen LogP contribution in [0.4, 0.5) is 8.78 Å². The molecule has 0 bridgehead atoms. The van der Waals surface area contributed by atoms with Gasteiger partial charge in [-0.25, -0.2) is 8.78 Å². The summed E-state index contributed by atoms with van der Waals surface area (Å²) in [4.78, 5) is 11.8. The molecule has 0 N–H and O–H groups in total. The zero-order valence-corrected chi connectivity index (χ0v) is 15.3. The molecule has 2 nitrogen and oxygen atoms in total. The van der Waals surface area contributed by atoms with Gasteiger partial charge in [0, 0.05) is 22.6 Å². The fraction of sp³-hybridized carbons (Fsp3) is 0.174. The molecule has 0 fully saturated rings. The van der Waals surface area contributed by atoms with Gasteiger partial charge in [0.15, 0.2) is 5.82 Å². The van der Waals surface area contributed by atoms with Crippen molar-refractivity contribution in [3.05, 3.63) is 81.5 Å². The van der Waals surface area contributed by atoms with Crippen LogP contribution in [0.1, 0.15) is 30.9 Å². The molecule has 4 heteroatoms. The lowest BCUT2D eigenvalue weighted by Crippen LogP contribution is -2.06. The van der Waals surface area contributed by atoms with Gasteiger partial charge in [-0.05, 0) is 47.7 Å². The molecule has 0 saturated heterocycles. The monoisotopic (exact) mass is 364 g/mol. The fourth-order valence-corrected chi connectivity index (χ4v) is 3.38. The largest absolute Gasteiger partial charge is 0.456 e. The summed E-state index contributed by atoms with van der Waals surface area (Å²) in [6.45, 7) is 5.82. The Labute approximate surface area is 155 Å². The van der Waals surface area contributed by atoms with Crippen molar-refractivity contribution in [2.24, 2.45) is 0 Å². The standard InChI is InChI=1S/C23H18F2O2/c1-12(2)14-5-4-6-15(8-14)23-16-9-18(24)13(3)7-21(16)27-22-11-20(26)19(25)10-17(22)23/h4-12H,1-3H3. The van der Waals surface area contributed by atoms with Crippen LogP contribution in [0.25, 0.3) is 33.4 Å². The second kappa shape index (κ2) is 6.31. The predicted octanol–water partition coefficient (Wildman–Crippen LogP) is 6.27. The molecule has 1 heterocycles. The first-order chi connectivity index (χ1) is 12.8. The molecule has 4 rings (SSSR count). The van der Waals surface area contributed by atoms with Crippen molar-refractivity contribution in [1.29, 1.82) is 0 Å². The Hall–Kier alpha value is -3.01. The van der Waals surface area contributed by atoms with Crippen LogP contribution in [0.3, 0.4) is 0 Å². The van der Waals surface area contributed by atoms with Crippen LogP contribution in [0.15, 0.2) is 57.7 Å². The van der Waals surface area contributed by atoms with Gasteiger partial charge in [0.1, 0.15) is 17.2 Å². The van der Waals surface area contributed by atoms with Gasteiger partial charge in [-0.1, -0.05) is 38.1 Å². The summed E-state index contributed by atoms with van der Waals surface area (Å²) in [5.41, 5.74) is 3.22. The Morgan fingerprint density at radius 2 is 1.74 bits per heavy atom. The van der Waals surface area contributed by atoms with Crippen LogP contribution in [0.2, 0.25) is 0 Å².